The zero-order chi connectivity index (χ0) is 13.2. The van der Waals surface area contributed by atoms with Gasteiger partial charge in [0.15, 0.2) is 0 Å². The lowest BCUT2D eigenvalue weighted by Crippen LogP contribution is -1.90. The topological polar surface area (TPSA) is 58.8 Å². The minimum Gasteiger partial charge on any atom is -0.437 e. The number of nitriles is 1. The van der Waals surface area contributed by atoms with Crippen molar-refractivity contribution in [2.45, 2.75) is 0 Å². The van der Waals surface area contributed by atoms with Crippen LogP contribution in [0.4, 0.5) is 0 Å². The molecule has 0 atom stereocenters. The zero-order valence-corrected chi connectivity index (χ0v) is 11.1. The zero-order valence-electron chi connectivity index (χ0n) is 9.50. The summed E-state index contributed by atoms with van der Waals surface area (Å²) in [7, 11) is 0. The summed E-state index contributed by atoms with van der Waals surface area (Å²) in [6.45, 7) is 0. The number of hydrogen-bond donors (Lipinski definition) is 0. The molecule has 0 aliphatic rings. The van der Waals surface area contributed by atoms with Crippen molar-refractivity contribution in [2.75, 3.05) is 0 Å². The van der Waals surface area contributed by atoms with Crippen molar-refractivity contribution in [3.63, 3.8) is 0 Å². The second kappa shape index (κ2) is 4.84. The molecule has 4 nitrogen and oxygen atoms in total. The van der Waals surface area contributed by atoms with Gasteiger partial charge in [-0.05, 0) is 29.6 Å². The van der Waals surface area contributed by atoms with E-state index in [1.54, 1.807) is 18.2 Å². The number of ether oxygens (including phenoxy) is 1. The van der Waals surface area contributed by atoms with Crippen LogP contribution in [0.15, 0.2) is 36.0 Å². The Morgan fingerprint density at radius 1 is 1.26 bits per heavy atom. The lowest BCUT2D eigenvalue weighted by molar-refractivity contribution is 0.468. The van der Waals surface area contributed by atoms with Gasteiger partial charge in [-0.25, -0.2) is 9.97 Å². The Balaban J connectivity index is 2.02. The molecule has 0 saturated carbocycles. The van der Waals surface area contributed by atoms with Gasteiger partial charge in [-0.15, -0.1) is 11.3 Å². The highest BCUT2D eigenvalue weighted by Gasteiger charge is 2.09. The Bertz CT molecular complexity index is 794. The van der Waals surface area contributed by atoms with Crippen LogP contribution in [0.25, 0.3) is 10.2 Å². The first kappa shape index (κ1) is 11.9. The fourth-order valence-electron chi connectivity index (χ4n) is 1.61. The van der Waals surface area contributed by atoms with Crippen molar-refractivity contribution in [2.24, 2.45) is 0 Å². The van der Waals surface area contributed by atoms with E-state index < -0.39 is 0 Å². The predicted octanol–water partition coefficient (Wildman–Crippen LogP) is 4.01. The molecule has 0 saturated heterocycles. The number of halogens is 1. The van der Waals surface area contributed by atoms with Crippen LogP contribution in [0.5, 0.6) is 11.6 Å². The van der Waals surface area contributed by atoms with Gasteiger partial charge in [-0.2, -0.15) is 5.26 Å². The van der Waals surface area contributed by atoms with Crippen molar-refractivity contribution in [1.82, 2.24) is 9.97 Å². The van der Waals surface area contributed by atoms with Gasteiger partial charge in [-0.3, -0.25) is 0 Å². The lowest BCUT2D eigenvalue weighted by atomic mass is 10.2. The van der Waals surface area contributed by atoms with Crippen LogP contribution in [0, 0.1) is 11.3 Å². The Labute approximate surface area is 117 Å². The maximum atomic E-state index is 8.79. The third-order valence-corrected chi connectivity index (χ3v) is 3.61. The molecule has 3 rings (SSSR count). The molecule has 0 aliphatic heterocycles. The van der Waals surface area contributed by atoms with Gasteiger partial charge < -0.3 is 4.74 Å². The minimum absolute atomic E-state index is 0.376. The van der Waals surface area contributed by atoms with Crippen LogP contribution in [-0.4, -0.2) is 9.97 Å². The smallest absolute Gasteiger partial charge is 0.231 e. The summed E-state index contributed by atoms with van der Waals surface area (Å²) >= 11 is 7.58. The molecule has 0 N–H and O–H groups in total. The summed E-state index contributed by atoms with van der Waals surface area (Å²) in [5, 5.41) is 11.9. The van der Waals surface area contributed by atoms with E-state index in [0.29, 0.717) is 22.2 Å². The van der Waals surface area contributed by atoms with Gasteiger partial charge in [0.2, 0.25) is 5.88 Å². The molecule has 2 aromatic heterocycles. The van der Waals surface area contributed by atoms with Crippen LogP contribution >= 0.6 is 22.9 Å². The first-order valence-corrected chi connectivity index (χ1v) is 6.59. The van der Waals surface area contributed by atoms with Gasteiger partial charge in [0, 0.05) is 0 Å². The van der Waals surface area contributed by atoms with Gasteiger partial charge in [-0.1, -0.05) is 11.6 Å². The largest absolute Gasteiger partial charge is 0.437 e. The lowest BCUT2D eigenvalue weighted by Gasteiger charge is -2.07. The van der Waals surface area contributed by atoms with E-state index in [-0.39, 0.29) is 0 Å². The molecule has 0 radical (unpaired) electrons. The van der Waals surface area contributed by atoms with E-state index in [9.17, 15) is 0 Å². The van der Waals surface area contributed by atoms with Crippen LogP contribution in [0.2, 0.25) is 5.02 Å². The summed E-state index contributed by atoms with van der Waals surface area (Å²) in [5.74, 6) is 0.921. The maximum Gasteiger partial charge on any atom is 0.231 e. The fourth-order valence-corrected chi connectivity index (χ4v) is 2.55. The van der Waals surface area contributed by atoms with Crippen LogP contribution in [-0.2, 0) is 0 Å². The Hall–Kier alpha value is -2.16. The quantitative estimate of drug-likeness (QED) is 0.714. The standard InChI is InChI=1S/C13H6ClN3OS/c14-10-5-8(6-15)1-2-11(10)18-12-9-3-4-19-13(9)17-7-16-12/h1-5,7H. The van der Waals surface area contributed by atoms with E-state index in [4.69, 9.17) is 21.6 Å². The number of aromatic nitrogens is 2. The highest BCUT2D eigenvalue weighted by Crippen LogP contribution is 2.33. The van der Waals surface area contributed by atoms with Crippen LogP contribution in [0.1, 0.15) is 5.56 Å². The normalized spacial score (nSPS) is 10.3. The summed E-state index contributed by atoms with van der Waals surface area (Å²) in [5.41, 5.74) is 0.487. The van der Waals surface area contributed by atoms with E-state index in [2.05, 4.69) is 9.97 Å². The van der Waals surface area contributed by atoms with Gasteiger partial charge in [0.05, 0.1) is 22.0 Å². The molecule has 0 bridgehead atoms. The van der Waals surface area contributed by atoms with E-state index in [0.717, 1.165) is 10.2 Å². The summed E-state index contributed by atoms with van der Waals surface area (Å²) in [6.07, 6.45) is 1.45. The van der Waals surface area contributed by atoms with Gasteiger partial charge in [0.1, 0.15) is 16.9 Å². The van der Waals surface area contributed by atoms with Crippen molar-refractivity contribution in [3.05, 3.63) is 46.6 Å². The Morgan fingerprint density at radius 3 is 2.95 bits per heavy atom. The molecule has 0 spiro atoms. The van der Waals surface area contributed by atoms with E-state index in [1.165, 1.54) is 17.7 Å². The first-order valence-electron chi connectivity index (χ1n) is 5.33. The third kappa shape index (κ3) is 2.24. The third-order valence-electron chi connectivity index (χ3n) is 2.49. The molecule has 3 aromatic rings. The van der Waals surface area contributed by atoms with Crippen molar-refractivity contribution in [3.8, 4) is 17.7 Å². The Kier molecular flexibility index (Phi) is 3.03. The van der Waals surface area contributed by atoms with Crippen molar-refractivity contribution in [1.29, 1.82) is 5.26 Å². The molecule has 6 heteroatoms. The van der Waals surface area contributed by atoms with E-state index >= 15 is 0 Å². The molecule has 19 heavy (non-hydrogen) atoms. The van der Waals surface area contributed by atoms with Crippen LogP contribution in [0.3, 0.4) is 0 Å². The molecular formula is C13H6ClN3OS. The molecule has 0 unspecified atom stereocenters. The van der Waals surface area contributed by atoms with Gasteiger partial charge in [0.25, 0.3) is 0 Å². The summed E-state index contributed by atoms with van der Waals surface area (Å²) in [4.78, 5) is 9.11. The Morgan fingerprint density at radius 2 is 2.16 bits per heavy atom. The highest BCUT2D eigenvalue weighted by atomic mass is 35.5. The molecule has 0 amide bonds. The summed E-state index contributed by atoms with van der Waals surface area (Å²) < 4.78 is 5.69. The molecule has 1 aromatic carbocycles. The molecular weight excluding hydrogens is 282 g/mol. The molecule has 92 valence electrons. The number of rotatable bonds is 2. The number of thiophene rings is 1. The molecule has 0 fully saturated rings. The number of benzene rings is 1. The molecule has 0 aliphatic carbocycles. The molecule has 2 heterocycles. The average Bonchev–Trinajstić information content (AvgIpc) is 2.90. The minimum atomic E-state index is 0.376. The second-order valence-corrected chi connectivity index (χ2v) is 4.98. The monoisotopic (exact) mass is 287 g/mol. The van der Waals surface area contributed by atoms with Crippen molar-refractivity contribution >= 4 is 33.2 Å². The van der Waals surface area contributed by atoms with E-state index in [1.807, 2.05) is 17.5 Å². The fraction of sp³-hybridized carbons (Fsp3) is 0. The summed E-state index contributed by atoms with van der Waals surface area (Å²) in [6, 6.07) is 8.77. The highest BCUT2D eigenvalue weighted by molar-refractivity contribution is 7.16. The SMILES string of the molecule is N#Cc1ccc(Oc2ncnc3sccc23)c(Cl)c1. The predicted molar refractivity (Wildman–Crippen MR) is 73.7 cm³/mol. The number of nitrogens with zero attached hydrogens (tertiary/aromatic N) is 3. The maximum absolute atomic E-state index is 8.79. The second-order valence-electron chi connectivity index (χ2n) is 3.68. The number of fused-ring (bicyclic) bond motifs is 1. The average molecular weight is 288 g/mol. The van der Waals surface area contributed by atoms with Crippen LogP contribution < -0.4 is 4.74 Å². The first-order chi connectivity index (χ1) is 9.28. The van der Waals surface area contributed by atoms with Gasteiger partial charge >= 0.3 is 0 Å². The van der Waals surface area contributed by atoms with Crippen molar-refractivity contribution < 1.29 is 4.74 Å². The number of hydrogen-bond acceptors (Lipinski definition) is 5.